The molecule has 7 atom stereocenters. The number of esters is 4. The monoisotopic (exact) mass is 1450 g/mol. The van der Waals surface area contributed by atoms with Crippen molar-refractivity contribution in [2.45, 2.75) is 433 Å². The van der Waals surface area contributed by atoms with Crippen molar-refractivity contribution >= 4 is 39.5 Å². The van der Waals surface area contributed by atoms with Crippen LogP contribution < -0.4 is 0 Å². The van der Waals surface area contributed by atoms with Gasteiger partial charge in [-0.2, -0.15) is 0 Å². The van der Waals surface area contributed by atoms with Crippen molar-refractivity contribution in [1.29, 1.82) is 0 Å². The number of hydrogen-bond donors (Lipinski definition) is 3. The van der Waals surface area contributed by atoms with E-state index in [1.807, 2.05) is 0 Å². The first-order chi connectivity index (χ1) is 47.8. The summed E-state index contributed by atoms with van der Waals surface area (Å²) >= 11 is 0. The first-order valence-electron chi connectivity index (χ1n) is 41.4. The Morgan fingerprint density at radius 2 is 0.515 bits per heavy atom. The quantitative estimate of drug-likeness (QED) is 0.0222. The second-order valence-corrected chi connectivity index (χ2v) is 32.7. The minimum Gasteiger partial charge on any atom is -0.462 e. The van der Waals surface area contributed by atoms with Crippen LogP contribution >= 0.6 is 15.6 Å². The SMILES string of the molecule is CCCCCCCCCCCC(=O)OC[C@H](COP(=O)(O)OC[C@H](O)COP(=O)(O)OC[C@@H](COC(=O)CCCCCCCCCCCCCCCC(C)C)OC(=O)CCCCCCCCCCCCCCCCCCCCC(C)CC)OC(=O)CCCCCCCCCCC(C)CC. The number of carbonyl (C=O) groups is 4. The lowest BCUT2D eigenvalue weighted by Gasteiger charge is -2.21. The molecule has 0 rings (SSSR count). The molecule has 0 aliphatic rings. The zero-order chi connectivity index (χ0) is 73.0. The maximum Gasteiger partial charge on any atom is 0.472 e. The first kappa shape index (κ1) is 97.1. The number of unbranched alkanes of at least 4 members (excludes halogenated alkanes) is 44. The van der Waals surface area contributed by atoms with Crippen LogP contribution in [-0.2, 0) is 65.4 Å². The third-order valence-electron chi connectivity index (χ3n) is 19.4. The van der Waals surface area contributed by atoms with Crippen molar-refractivity contribution < 1.29 is 80.2 Å². The van der Waals surface area contributed by atoms with E-state index >= 15 is 0 Å². The third-order valence-corrected chi connectivity index (χ3v) is 21.3. The Bertz CT molecular complexity index is 1930. The van der Waals surface area contributed by atoms with Gasteiger partial charge in [-0.25, -0.2) is 9.13 Å². The number of aliphatic hydroxyl groups excluding tert-OH is 1. The summed E-state index contributed by atoms with van der Waals surface area (Å²) in [5, 5.41) is 10.6. The van der Waals surface area contributed by atoms with Gasteiger partial charge in [-0.05, 0) is 43.4 Å². The van der Waals surface area contributed by atoms with Gasteiger partial charge < -0.3 is 33.8 Å². The van der Waals surface area contributed by atoms with E-state index in [1.54, 1.807) is 0 Å². The fraction of sp³-hybridized carbons (Fsp3) is 0.950. The van der Waals surface area contributed by atoms with Crippen LogP contribution in [0.15, 0.2) is 0 Å². The number of aliphatic hydroxyl groups is 1. The molecule has 19 heteroatoms. The van der Waals surface area contributed by atoms with Crippen LogP contribution in [0.1, 0.15) is 414 Å². The van der Waals surface area contributed by atoms with E-state index in [-0.39, 0.29) is 25.7 Å². The molecule has 0 aliphatic carbocycles. The van der Waals surface area contributed by atoms with Crippen LogP contribution in [-0.4, -0.2) is 96.7 Å². The maximum atomic E-state index is 13.1. The van der Waals surface area contributed by atoms with Crippen LogP contribution in [0.5, 0.6) is 0 Å². The summed E-state index contributed by atoms with van der Waals surface area (Å²) in [5.41, 5.74) is 0. The Kier molecular flexibility index (Phi) is 69.0. The Morgan fingerprint density at radius 3 is 0.768 bits per heavy atom. The number of rotatable bonds is 78. The molecule has 0 aromatic carbocycles. The van der Waals surface area contributed by atoms with Crippen LogP contribution in [0.3, 0.4) is 0 Å². The second kappa shape index (κ2) is 70.4. The lowest BCUT2D eigenvalue weighted by atomic mass is 9.99. The molecule has 0 fully saturated rings. The molecule has 0 heterocycles. The summed E-state index contributed by atoms with van der Waals surface area (Å²) in [6.07, 6.45) is 58.3. The average Bonchev–Trinajstić information content (AvgIpc) is 0.960. The molecular weight excluding hydrogens is 1290 g/mol. The molecule has 99 heavy (non-hydrogen) atoms. The van der Waals surface area contributed by atoms with Gasteiger partial charge in [0, 0.05) is 25.7 Å². The maximum absolute atomic E-state index is 13.1. The smallest absolute Gasteiger partial charge is 0.462 e. The fourth-order valence-corrected chi connectivity index (χ4v) is 13.8. The molecule has 0 saturated heterocycles. The van der Waals surface area contributed by atoms with Crippen molar-refractivity contribution in [1.82, 2.24) is 0 Å². The highest BCUT2D eigenvalue weighted by Gasteiger charge is 2.30. The highest BCUT2D eigenvalue weighted by atomic mass is 31.2. The Morgan fingerprint density at radius 1 is 0.293 bits per heavy atom. The zero-order valence-corrected chi connectivity index (χ0v) is 66.8. The lowest BCUT2D eigenvalue weighted by Crippen LogP contribution is -2.30. The minimum atomic E-state index is -4.96. The van der Waals surface area contributed by atoms with Gasteiger partial charge in [0.15, 0.2) is 12.2 Å². The van der Waals surface area contributed by atoms with Gasteiger partial charge >= 0.3 is 39.5 Å². The molecule has 0 bridgehead atoms. The van der Waals surface area contributed by atoms with Crippen molar-refractivity contribution in [3.05, 3.63) is 0 Å². The number of phosphoric acid groups is 2. The van der Waals surface area contributed by atoms with E-state index < -0.39 is 97.5 Å². The summed E-state index contributed by atoms with van der Waals surface area (Å²) in [7, 11) is -9.92. The predicted octanol–water partition coefficient (Wildman–Crippen LogP) is 23.7. The van der Waals surface area contributed by atoms with Gasteiger partial charge in [0.1, 0.15) is 19.3 Å². The largest absolute Gasteiger partial charge is 0.472 e. The summed E-state index contributed by atoms with van der Waals surface area (Å²) in [6, 6.07) is 0. The van der Waals surface area contributed by atoms with Crippen molar-refractivity contribution in [3.63, 3.8) is 0 Å². The molecule has 0 saturated carbocycles. The van der Waals surface area contributed by atoms with E-state index in [1.165, 1.54) is 225 Å². The predicted molar refractivity (Wildman–Crippen MR) is 405 cm³/mol. The Hall–Kier alpha value is -1.94. The van der Waals surface area contributed by atoms with Crippen LogP contribution in [0.25, 0.3) is 0 Å². The van der Waals surface area contributed by atoms with Gasteiger partial charge in [0.05, 0.1) is 26.4 Å². The van der Waals surface area contributed by atoms with Crippen molar-refractivity contribution in [2.75, 3.05) is 39.6 Å². The van der Waals surface area contributed by atoms with E-state index in [0.29, 0.717) is 25.7 Å². The van der Waals surface area contributed by atoms with Gasteiger partial charge in [-0.1, -0.05) is 363 Å². The fourth-order valence-electron chi connectivity index (χ4n) is 12.2. The summed E-state index contributed by atoms with van der Waals surface area (Å²) in [5.74, 6) is 0.317. The second-order valence-electron chi connectivity index (χ2n) is 29.8. The Balaban J connectivity index is 5.20. The normalized spacial score (nSPS) is 14.5. The molecule has 0 aromatic heterocycles. The molecule has 0 aromatic rings. The molecule has 4 unspecified atom stereocenters. The van der Waals surface area contributed by atoms with Gasteiger partial charge in [0.2, 0.25) is 0 Å². The highest BCUT2D eigenvalue weighted by molar-refractivity contribution is 7.47. The number of carbonyl (C=O) groups excluding carboxylic acids is 4. The van der Waals surface area contributed by atoms with Gasteiger partial charge in [0.25, 0.3) is 0 Å². The summed E-state index contributed by atoms with van der Waals surface area (Å²) in [6.45, 7) is 12.0. The van der Waals surface area contributed by atoms with Crippen LogP contribution in [0, 0.1) is 17.8 Å². The number of phosphoric ester groups is 2. The number of ether oxygens (including phenoxy) is 4. The molecule has 0 radical (unpaired) electrons. The van der Waals surface area contributed by atoms with E-state index in [2.05, 4.69) is 48.5 Å². The highest BCUT2D eigenvalue weighted by Crippen LogP contribution is 2.45. The minimum absolute atomic E-state index is 0.105. The molecule has 0 amide bonds. The van der Waals surface area contributed by atoms with Crippen molar-refractivity contribution in [3.8, 4) is 0 Å². The molecule has 0 spiro atoms. The topological polar surface area (TPSA) is 237 Å². The van der Waals surface area contributed by atoms with E-state index in [4.69, 9.17) is 37.0 Å². The van der Waals surface area contributed by atoms with Gasteiger partial charge in [-0.3, -0.25) is 37.3 Å². The molecule has 3 N–H and O–H groups in total. The Labute approximate surface area is 607 Å². The van der Waals surface area contributed by atoms with E-state index in [9.17, 15) is 43.2 Å². The van der Waals surface area contributed by atoms with Gasteiger partial charge in [-0.15, -0.1) is 0 Å². The molecule has 588 valence electrons. The number of hydrogen-bond acceptors (Lipinski definition) is 15. The summed E-state index contributed by atoms with van der Waals surface area (Å²) in [4.78, 5) is 72.9. The third kappa shape index (κ3) is 71.5. The molecule has 0 aliphatic heterocycles. The first-order valence-corrected chi connectivity index (χ1v) is 44.4. The standard InChI is InChI=1S/C80H156O17P2/c1-8-11-12-13-14-30-40-47-54-61-77(82)90-67-76(97-80(85)64-57-50-43-36-35-39-46-53-60-73(7)10-3)70-95-99(88,89)93-66-74(81)65-92-98(86,87)94-69-75(68-91-78(83)62-55-48-41-33-28-25-21-22-26-31-37-44-51-58-71(4)5)96-79(84)63-56-49-42-34-29-24-20-18-16-15-17-19-23-27-32-38-45-52-59-72(6)9-2/h71-76,81H,8-70H2,1-7H3,(H,86,87)(H,88,89)/t72?,73?,74-,75-,76-/m1/s1. The van der Waals surface area contributed by atoms with E-state index in [0.717, 1.165) is 108 Å². The van der Waals surface area contributed by atoms with Crippen LogP contribution in [0.2, 0.25) is 0 Å². The summed E-state index contributed by atoms with van der Waals surface area (Å²) < 4.78 is 68.6. The van der Waals surface area contributed by atoms with Crippen molar-refractivity contribution in [2.24, 2.45) is 17.8 Å². The average molecular weight is 1450 g/mol. The lowest BCUT2D eigenvalue weighted by molar-refractivity contribution is -0.161. The van der Waals surface area contributed by atoms with Crippen LogP contribution in [0.4, 0.5) is 0 Å². The molecule has 17 nitrogen and oxygen atoms in total. The molecular formula is C80H156O17P2. The zero-order valence-electron chi connectivity index (χ0n) is 65.0.